The van der Waals surface area contributed by atoms with E-state index in [0.717, 1.165) is 18.4 Å². The van der Waals surface area contributed by atoms with Crippen LogP contribution in [0.5, 0.6) is 0 Å². The van der Waals surface area contributed by atoms with E-state index in [2.05, 4.69) is 43.3 Å². The van der Waals surface area contributed by atoms with Crippen molar-refractivity contribution in [2.75, 3.05) is 14.1 Å². The van der Waals surface area contributed by atoms with Crippen molar-refractivity contribution < 1.29 is 18.7 Å². The van der Waals surface area contributed by atoms with E-state index in [1.54, 1.807) is 12.1 Å². The monoisotopic (exact) mass is 474 g/mol. The molecule has 0 bridgehead atoms. The number of primary amides is 1. The number of hydrogen-bond donors (Lipinski definition) is 1. The Morgan fingerprint density at radius 3 is 2.06 bits per heavy atom. The third kappa shape index (κ3) is 5.65. The summed E-state index contributed by atoms with van der Waals surface area (Å²) in [6.45, 7) is 0. The molecule has 35 heavy (non-hydrogen) atoms. The number of nitrogens with two attached hydrogens (primary N) is 1. The number of carbonyl (C=O) groups excluding carboxylic acids is 2. The summed E-state index contributed by atoms with van der Waals surface area (Å²) in [5.41, 5.74) is 6.76. The first-order chi connectivity index (χ1) is 16.8. The highest BCUT2D eigenvalue weighted by molar-refractivity contribution is 5.92. The summed E-state index contributed by atoms with van der Waals surface area (Å²) in [4.78, 5) is 27.8. The van der Waals surface area contributed by atoms with E-state index in [-0.39, 0.29) is 11.3 Å². The Morgan fingerprint density at radius 2 is 1.49 bits per heavy atom. The van der Waals surface area contributed by atoms with Gasteiger partial charge in [-0.2, -0.15) is 0 Å². The molecular formula is C29H34N2O4. The number of aryl methyl sites for hydroxylation is 1. The lowest BCUT2D eigenvalue weighted by Crippen LogP contribution is -2.57. The molecule has 2 N–H and O–H groups in total. The van der Waals surface area contributed by atoms with Crippen LogP contribution in [0.2, 0.25) is 0 Å². The molecule has 1 heterocycles. The van der Waals surface area contributed by atoms with E-state index >= 15 is 0 Å². The molecule has 6 heteroatoms. The summed E-state index contributed by atoms with van der Waals surface area (Å²) in [6.07, 6.45) is 4.66. The van der Waals surface area contributed by atoms with E-state index < -0.39 is 17.5 Å². The number of esters is 1. The Hall–Kier alpha value is -3.38. The highest BCUT2D eigenvalue weighted by atomic mass is 16.6. The van der Waals surface area contributed by atoms with Crippen molar-refractivity contribution in [3.63, 3.8) is 0 Å². The molecule has 184 valence electrons. The lowest BCUT2D eigenvalue weighted by atomic mass is 9.70. The Bertz CT molecular complexity index is 1130. The Kier molecular flexibility index (Phi) is 7.41. The normalized spacial score (nSPS) is 22.1. The molecule has 1 aliphatic rings. The van der Waals surface area contributed by atoms with Crippen molar-refractivity contribution in [2.45, 2.75) is 56.1 Å². The molecule has 1 aliphatic carbocycles. The predicted octanol–water partition coefficient (Wildman–Crippen LogP) is 4.76. The molecular weight excluding hydrogens is 440 g/mol. The second-order valence-corrected chi connectivity index (χ2v) is 9.78. The molecule has 1 fully saturated rings. The molecule has 6 nitrogen and oxygen atoms in total. The van der Waals surface area contributed by atoms with E-state index in [9.17, 15) is 9.59 Å². The van der Waals surface area contributed by atoms with Crippen LogP contribution in [-0.2, 0) is 22.4 Å². The zero-order valence-electron chi connectivity index (χ0n) is 20.5. The van der Waals surface area contributed by atoms with Crippen LogP contribution in [0.15, 0.2) is 77.2 Å². The number of benzene rings is 2. The summed E-state index contributed by atoms with van der Waals surface area (Å²) in [6, 6.07) is 23.6. The van der Waals surface area contributed by atoms with Gasteiger partial charge in [0, 0.05) is 12.0 Å². The lowest BCUT2D eigenvalue weighted by molar-refractivity contribution is -0.144. The molecule has 1 amide bonds. The fourth-order valence-corrected chi connectivity index (χ4v) is 5.07. The first-order valence-electron chi connectivity index (χ1n) is 12.2. The van der Waals surface area contributed by atoms with Gasteiger partial charge in [0.25, 0.3) is 5.91 Å². The van der Waals surface area contributed by atoms with E-state index in [4.69, 9.17) is 14.9 Å². The highest BCUT2D eigenvalue weighted by Gasteiger charge is 2.50. The van der Waals surface area contributed by atoms with E-state index in [1.807, 2.05) is 36.4 Å². The first-order valence-corrected chi connectivity index (χ1v) is 12.2. The van der Waals surface area contributed by atoms with Crippen molar-refractivity contribution in [3.05, 3.63) is 95.4 Å². The van der Waals surface area contributed by atoms with Gasteiger partial charge in [-0.05, 0) is 75.9 Å². The SMILES string of the molecule is CN(C)C1(CCc2ccccc2)CCC(OC(=O)c2ccc(Cc3ccccc3)o2)(C(N)=O)CC1. The number of furan rings is 1. The number of carbonyl (C=O) groups is 2. The Morgan fingerprint density at radius 1 is 0.886 bits per heavy atom. The van der Waals surface area contributed by atoms with Crippen LogP contribution in [-0.4, -0.2) is 42.0 Å². The largest absolute Gasteiger partial charge is 0.454 e. The van der Waals surface area contributed by atoms with Gasteiger partial charge in [0.1, 0.15) is 5.76 Å². The molecule has 0 spiro atoms. The third-order valence-corrected chi connectivity index (χ3v) is 7.48. The predicted molar refractivity (Wildman–Crippen MR) is 135 cm³/mol. The number of amides is 1. The lowest BCUT2D eigenvalue weighted by Gasteiger charge is -2.48. The standard InChI is InChI=1S/C29H34N2O4/c1-31(2)28(16-15-22-9-5-3-6-10-22)17-19-29(20-18-28,27(30)33)35-26(32)25-14-13-24(34-25)21-23-11-7-4-8-12-23/h3-14H,15-21H2,1-2H3,(H2,30,33). The van der Waals surface area contributed by atoms with Gasteiger partial charge in [-0.3, -0.25) is 4.79 Å². The maximum atomic E-state index is 13.0. The highest BCUT2D eigenvalue weighted by Crippen LogP contribution is 2.42. The summed E-state index contributed by atoms with van der Waals surface area (Å²) in [5, 5.41) is 0. The zero-order chi connectivity index (χ0) is 24.9. The second-order valence-electron chi connectivity index (χ2n) is 9.78. The maximum Gasteiger partial charge on any atom is 0.375 e. The summed E-state index contributed by atoms with van der Waals surface area (Å²) < 4.78 is 11.5. The Labute approximate surface area is 207 Å². The fraction of sp³-hybridized carbons (Fsp3) is 0.379. The minimum atomic E-state index is -1.32. The molecule has 4 rings (SSSR count). The van der Waals surface area contributed by atoms with Crippen molar-refractivity contribution in [1.29, 1.82) is 0 Å². The molecule has 0 aliphatic heterocycles. The molecule has 3 aromatic rings. The quantitative estimate of drug-likeness (QED) is 0.452. The van der Waals surface area contributed by atoms with Gasteiger partial charge in [0.2, 0.25) is 5.76 Å². The first kappa shape index (κ1) is 24.7. The average Bonchev–Trinajstić information content (AvgIpc) is 3.33. The van der Waals surface area contributed by atoms with Crippen molar-refractivity contribution >= 4 is 11.9 Å². The zero-order valence-corrected chi connectivity index (χ0v) is 20.5. The second kappa shape index (κ2) is 10.5. The van der Waals surface area contributed by atoms with Gasteiger partial charge in [0.05, 0.1) is 0 Å². The van der Waals surface area contributed by atoms with Crippen LogP contribution in [0.1, 0.15) is 59.5 Å². The van der Waals surface area contributed by atoms with Crippen LogP contribution in [0.3, 0.4) is 0 Å². The number of hydrogen-bond acceptors (Lipinski definition) is 5. The van der Waals surface area contributed by atoms with Gasteiger partial charge in [-0.1, -0.05) is 60.7 Å². The molecule has 2 aromatic carbocycles. The minimum absolute atomic E-state index is 0.0880. The number of ether oxygens (including phenoxy) is 1. The van der Waals surface area contributed by atoms with E-state index in [1.165, 1.54) is 5.56 Å². The van der Waals surface area contributed by atoms with Crippen LogP contribution >= 0.6 is 0 Å². The molecule has 0 radical (unpaired) electrons. The summed E-state index contributed by atoms with van der Waals surface area (Å²) in [5.74, 6) is -0.500. The van der Waals surface area contributed by atoms with Crippen molar-refractivity contribution in [1.82, 2.24) is 4.90 Å². The molecule has 1 aromatic heterocycles. The maximum absolute atomic E-state index is 13.0. The van der Waals surface area contributed by atoms with Crippen molar-refractivity contribution in [2.24, 2.45) is 5.73 Å². The minimum Gasteiger partial charge on any atom is -0.454 e. The van der Waals surface area contributed by atoms with Crippen LogP contribution in [0, 0.1) is 0 Å². The van der Waals surface area contributed by atoms with Crippen LogP contribution in [0.4, 0.5) is 0 Å². The fourth-order valence-electron chi connectivity index (χ4n) is 5.07. The van der Waals surface area contributed by atoms with Gasteiger partial charge in [-0.15, -0.1) is 0 Å². The summed E-state index contributed by atoms with van der Waals surface area (Å²) >= 11 is 0. The smallest absolute Gasteiger partial charge is 0.375 e. The topological polar surface area (TPSA) is 85.8 Å². The third-order valence-electron chi connectivity index (χ3n) is 7.48. The summed E-state index contributed by atoms with van der Waals surface area (Å²) in [7, 11) is 4.15. The molecule has 0 atom stereocenters. The Balaban J connectivity index is 1.43. The molecule has 1 saturated carbocycles. The van der Waals surface area contributed by atoms with Crippen LogP contribution < -0.4 is 5.73 Å². The van der Waals surface area contributed by atoms with Crippen molar-refractivity contribution in [3.8, 4) is 0 Å². The van der Waals surface area contributed by atoms with Gasteiger partial charge in [-0.25, -0.2) is 4.79 Å². The van der Waals surface area contributed by atoms with Gasteiger partial charge < -0.3 is 19.8 Å². The molecule has 0 unspecified atom stereocenters. The average molecular weight is 475 g/mol. The van der Waals surface area contributed by atoms with E-state index in [0.29, 0.717) is 37.9 Å². The van der Waals surface area contributed by atoms with Gasteiger partial charge >= 0.3 is 5.97 Å². The number of nitrogens with zero attached hydrogens (tertiary/aromatic N) is 1. The van der Waals surface area contributed by atoms with Crippen LogP contribution in [0.25, 0.3) is 0 Å². The number of rotatable bonds is 9. The van der Waals surface area contributed by atoms with Gasteiger partial charge in [0.15, 0.2) is 5.60 Å². The molecule has 0 saturated heterocycles.